The van der Waals surface area contributed by atoms with Gasteiger partial charge in [-0.25, -0.2) is 0 Å². The van der Waals surface area contributed by atoms with Crippen LogP contribution in [0.5, 0.6) is 5.75 Å². The molecule has 1 N–H and O–H groups in total. The Bertz CT molecular complexity index is 651. The summed E-state index contributed by atoms with van der Waals surface area (Å²) < 4.78 is 29.4. The van der Waals surface area contributed by atoms with Gasteiger partial charge in [0.15, 0.2) is 0 Å². The van der Waals surface area contributed by atoms with E-state index in [1.165, 1.54) is 12.1 Å². The number of halogens is 2. The first-order valence-corrected chi connectivity index (χ1v) is 8.05. The van der Waals surface area contributed by atoms with E-state index in [2.05, 4.69) is 10.1 Å². The first kappa shape index (κ1) is 17.4. The molecule has 0 bridgehead atoms. The van der Waals surface area contributed by atoms with E-state index in [0.717, 1.165) is 4.88 Å². The van der Waals surface area contributed by atoms with Crippen LogP contribution in [-0.4, -0.2) is 12.5 Å². The van der Waals surface area contributed by atoms with Gasteiger partial charge in [0, 0.05) is 4.88 Å². The number of para-hydroxylation sites is 1. The molecule has 3 nitrogen and oxygen atoms in total. The Labute approximate surface area is 138 Å². The third kappa shape index (κ3) is 4.51. The van der Waals surface area contributed by atoms with E-state index in [4.69, 9.17) is 0 Å². The van der Waals surface area contributed by atoms with Crippen LogP contribution in [-0.2, 0) is 0 Å². The van der Waals surface area contributed by atoms with Crippen LogP contribution < -0.4 is 10.1 Å². The minimum absolute atomic E-state index is 0.0959. The SMILES string of the molecule is CC(C)(C)C(NC(=O)c1ccccc1OC(F)F)c1cccs1. The van der Waals surface area contributed by atoms with Crippen LogP contribution in [0, 0.1) is 5.41 Å². The fourth-order valence-electron chi connectivity index (χ4n) is 2.23. The molecule has 0 spiro atoms. The average molecular weight is 339 g/mol. The standard InChI is InChI=1S/C17H19F2NO2S/c1-17(2,3)14(13-9-6-10-23-13)20-15(21)11-7-4-5-8-12(11)22-16(18)19/h4-10,14,16H,1-3H3,(H,20,21). The Balaban J connectivity index is 2.26. The van der Waals surface area contributed by atoms with Crippen LogP contribution in [0.4, 0.5) is 8.78 Å². The molecule has 0 aliphatic rings. The number of carbonyl (C=O) groups excluding carboxylic acids is 1. The number of nitrogens with one attached hydrogen (secondary N) is 1. The van der Waals surface area contributed by atoms with Gasteiger partial charge in [-0.2, -0.15) is 8.78 Å². The van der Waals surface area contributed by atoms with Crippen molar-refractivity contribution in [3.05, 3.63) is 52.2 Å². The summed E-state index contributed by atoms with van der Waals surface area (Å²) in [5, 5.41) is 4.87. The monoisotopic (exact) mass is 339 g/mol. The summed E-state index contributed by atoms with van der Waals surface area (Å²) in [5.41, 5.74) is -0.127. The molecule has 0 radical (unpaired) electrons. The van der Waals surface area contributed by atoms with Gasteiger partial charge in [-0.3, -0.25) is 4.79 Å². The minimum atomic E-state index is -2.97. The normalized spacial score (nSPS) is 13.0. The first-order chi connectivity index (χ1) is 10.8. The van der Waals surface area contributed by atoms with E-state index in [1.54, 1.807) is 23.5 Å². The van der Waals surface area contributed by atoms with E-state index < -0.39 is 12.5 Å². The fraction of sp³-hybridized carbons (Fsp3) is 0.353. The number of hydrogen-bond donors (Lipinski definition) is 1. The van der Waals surface area contributed by atoms with Crippen molar-refractivity contribution in [2.75, 3.05) is 0 Å². The molecule has 1 unspecified atom stereocenters. The lowest BCUT2D eigenvalue weighted by Crippen LogP contribution is -2.36. The van der Waals surface area contributed by atoms with E-state index in [9.17, 15) is 13.6 Å². The third-order valence-electron chi connectivity index (χ3n) is 3.32. The average Bonchev–Trinajstić information content (AvgIpc) is 2.97. The van der Waals surface area contributed by atoms with Crippen molar-refractivity contribution in [2.45, 2.75) is 33.4 Å². The molecule has 2 aromatic rings. The molecular weight excluding hydrogens is 320 g/mol. The second-order valence-electron chi connectivity index (χ2n) is 6.16. The van der Waals surface area contributed by atoms with E-state index >= 15 is 0 Å². The van der Waals surface area contributed by atoms with Crippen LogP contribution in [0.3, 0.4) is 0 Å². The summed E-state index contributed by atoms with van der Waals surface area (Å²) >= 11 is 1.54. The maximum Gasteiger partial charge on any atom is 0.387 e. The molecule has 0 aliphatic carbocycles. The zero-order valence-corrected chi connectivity index (χ0v) is 14.0. The molecule has 1 aromatic heterocycles. The van der Waals surface area contributed by atoms with Crippen molar-refractivity contribution in [1.82, 2.24) is 5.32 Å². The summed E-state index contributed by atoms with van der Waals surface area (Å²) in [5.74, 6) is -0.562. The van der Waals surface area contributed by atoms with Gasteiger partial charge < -0.3 is 10.1 Å². The van der Waals surface area contributed by atoms with Crippen molar-refractivity contribution < 1.29 is 18.3 Å². The first-order valence-electron chi connectivity index (χ1n) is 7.17. The quantitative estimate of drug-likeness (QED) is 0.844. The lowest BCUT2D eigenvalue weighted by atomic mass is 9.85. The highest BCUT2D eigenvalue weighted by molar-refractivity contribution is 7.10. The number of carbonyl (C=O) groups is 1. The maximum atomic E-state index is 12.6. The second kappa shape index (κ2) is 7.08. The Morgan fingerprint density at radius 1 is 1.17 bits per heavy atom. The summed E-state index contributed by atoms with van der Waals surface area (Å²) in [4.78, 5) is 13.6. The van der Waals surface area contributed by atoms with Crippen LogP contribution >= 0.6 is 11.3 Å². The zero-order valence-electron chi connectivity index (χ0n) is 13.2. The van der Waals surface area contributed by atoms with Gasteiger partial charge >= 0.3 is 6.61 Å². The molecule has 0 fully saturated rings. The van der Waals surface area contributed by atoms with Crippen molar-refractivity contribution in [3.8, 4) is 5.75 Å². The number of hydrogen-bond acceptors (Lipinski definition) is 3. The van der Waals surface area contributed by atoms with Crippen LogP contribution in [0.2, 0.25) is 0 Å². The number of amides is 1. The second-order valence-corrected chi connectivity index (χ2v) is 7.14. The van der Waals surface area contributed by atoms with Gasteiger partial charge in [-0.1, -0.05) is 39.0 Å². The van der Waals surface area contributed by atoms with E-state index in [0.29, 0.717) is 0 Å². The molecule has 6 heteroatoms. The van der Waals surface area contributed by atoms with Gasteiger partial charge in [-0.15, -0.1) is 11.3 Å². The van der Waals surface area contributed by atoms with Crippen LogP contribution in [0.25, 0.3) is 0 Å². The summed E-state index contributed by atoms with van der Waals surface area (Å²) in [6.07, 6.45) is 0. The molecule has 1 amide bonds. The summed E-state index contributed by atoms with van der Waals surface area (Å²) in [7, 11) is 0. The predicted octanol–water partition coefficient (Wildman–Crippen LogP) is 4.87. The molecule has 0 saturated carbocycles. The number of benzene rings is 1. The predicted molar refractivity (Wildman–Crippen MR) is 87.1 cm³/mol. The number of thiophene rings is 1. The molecule has 0 aliphatic heterocycles. The molecular formula is C17H19F2NO2S. The van der Waals surface area contributed by atoms with E-state index in [-0.39, 0.29) is 22.8 Å². The Morgan fingerprint density at radius 3 is 2.43 bits per heavy atom. The van der Waals surface area contributed by atoms with Gasteiger partial charge in [0.25, 0.3) is 5.91 Å². The van der Waals surface area contributed by atoms with Crippen molar-refractivity contribution >= 4 is 17.2 Å². The highest BCUT2D eigenvalue weighted by Gasteiger charge is 2.29. The molecule has 2 rings (SSSR count). The highest BCUT2D eigenvalue weighted by atomic mass is 32.1. The number of rotatable bonds is 5. The molecule has 23 heavy (non-hydrogen) atoms. The van der Waals surface area contributed by atoms with Gasteiger partial charge in [-0.05, 0) is 29.0 Å². The van der Waals surface area contributed by atoms with Crippen molar-refractivity contribution in [1.29, 1.82) is 0 Å². The van der Waals surface area contributed by atoms with Gasteiger partial charge in [0.05, 0.1) is 11.6 Å². The van der Waals surface area contributed by atoms with Crippen LogP contribution in [0.15, 0.2) is 41.8 Å². The molecule has 1 atom stereocenters. The van der Waals surface area contributed by atoms with Crippen LogP contribution in [0.1, 0.15) is 42.0 Å². The Morgan fingerprint density at radius 2 is 1.87 bits per heavy atom. The fourth-order valence-corrected chi connectivity index (χ4v) is 3.25. The molecule has 1 heterocycles. The van der Waals surface area contributed by atoms with Gasteiger partial charge in [0.2, 0.25) is 0 Å². The number of ether oxygens (including phenoxy) is 1. The highest BCUT2D eigenvalue weighted by Crippen LogP contribution is 2.35. The zero-order chi connectivity index (χ0) is 17.0. The van der Waals surface area contributed by atoms with E-state index in [1.807, 2.05) is 38.3 Å². The number of alkyl halides is 2. The summed E-state index contributed by atoms with van der Waals surface area (Å²) in [6, 6.07) is 9.63. The van der Waals surface area contributed by atoms with Gasteiger partial charge in [0.1, 0.15) is 5.75 Å². The maximum absolute atomic E-state index is 12.6. The van der Waals surface area contributed by atoms with Crippen molar-refractivity contribution in [3.63, 3.8) is 0 Å². The molecule has 1 aromatic carbocycles. The van der Waals surface area contributed by atoms with Crippen molar-refractivity contribution in [2.24, 2.45) is 5.41 Å². The largest absolute Gasteiger partial charge is 0.434 e. The Kier molecular flexibility index (Phi) is 5.36. The third-order valence-corrected chi connectivity index (χ3v) is 4.25. The topological polar surface area (TPSA) is 38.3 Å². The molecule has 124 valence electrons. The lowest BCUT2D eigenvalue weighted by Gasteiger charge is -2.31. The lowest BCUT2D eigenvalue weighted by molar-refractivity contribution is -0.0501. The minimum Gasteiger partial charge on any atom is -0.434 e. The Hall–Kier alpha value is -1.95. The smallest absolute Gasteiger partial charge is 0.387 e. The summed E-state index contributed by atoms with van der Waals surface area (Å²) in [6.45, 7) is 3.07. The molecule has 0 saturated heterocycles.